The van der Waals surface area contributed by atoms with E-state index in [4.69, 9.17) is 5.73 Å². The van der Waals surface area contributed by atoms with Crippen molar-refractivity contribution in [3.8, 4) is 0 Å². The molecular formula is C15H21F3N2. The van der Waals surface area contributed by atoms with Crippen LogP contribution in [0.15, 0.2) is 24.3 Å². The first-order valence-electron chi connectivity index (χ1n) is 6.94. The summed E-state index contributed by atoms with van der Waals surface area (Å²) in [5.74, 6) is 0.579. The van der Waals surface area contributed by atoms with Gasteiger partial charge in [-0.05, 0) is 30.9 Å². The molecule has 0 radical (unpaired) electrons. The highest BCUT2D eigenvalue weighted by atomic mass is 19.4. The van der Waals surface area contributed by atoms with Crippen molar-refractivity contribution < 1.29 is 13.2 Å². The van der Waals surface area contributed by atoms with Crippen LogP contribution >= 0.6 is 0 Å². The lowest BCUT2D eigenvalue weighted by Gasteiger charge is -2.26. The minimum Gasteiger partial charge on any atom is -0.323 e. The van der Waals surface area contributed by atoms with Gasteiger partial charge in [-0.15, -0.1) is 0 Å². The fourth-order valence-electron chi connectivity index (χ4n) is 3.07. The highest BCUT2D eigenvalue weighted by Gasteiger charge is 2.35. The number of nitrogens with zero attached hydrogens (tertiary/aromatic N) is 1. The number of benzene rings is 1. The van der Waals surface area contributed by atoms with E-state index in [0.29, 0.717) is 18.5 Å². The summed E-state index contributed by atoms with van der Waals surface area (Å²) in [7, 11) is 0. The van der Waals surface area contributed by atoms with Crippen LogP contribution in [0.4, 0.5) is 13.2 Å². The fraction of sp³-hybridized carbons (Fsp3) is 0.600. The number of hydrogen-bond donors (Lipinski definition) is 1. The molecule has 3 atom stereocenters. The third-order valence-corrected chi connectivity index (χ3v) is 4.01. The molecule has 0 aliphatic carbocycles. The van der Waals surface area contributed by atoms with Crippen molar-refractivity contribution in [1.29, 1.82) is 0 Å². The van der Waals surface area contributed by atoms with Gasteiger partial charge in [-0.1, -0.05) is 25.1 Å². The first-order valence-corrected chi connectivity index (χ1v) is 6.94. The van der Waals surface area contributed by atoms with Crippen molar-refractivity contribution in [1.82, 2.24) is 4.90 Å². The van der Waals surface area contributed by atoms with E-state index in [-0.39, 0.29) is 5.56 Å². The summed E-state index contributed by atoms with van der Waals surface area (Å²) in [6.45, 7) is 5.64. The topological polar surface area (TPSA) is 29.3 Å². The van der Waals surface area contributed by atoms with Gasteiger partial charge in [0.1, 0.15) is 0 Å². The third kappa shape index (κ3) is 3.33. The smallest absolute Gasteiger partial charge is 0.323 e. The Morgan fingerprint density at radius 1 is 1.30 bits per heavy atom. The molecule has 0 amide bonds. The molecule has 1 saturated heterocycles. The molecule has 2 rings (SSSR count). The SMILES string of the molecule is CC1CC(C)N(CC(N)c2ccccc2C(F)(F)F)C1. The molecule has 3 unspecified atom stereocenters. The van der Waals surface area contributed by atoms with Crippen LogP contribution in [0.5, 0.6) is 0 Å². The summed E-state index contributed by atoms with van der Waals surface area (Å²) in [5.41, 5.74) is 5.61. The van der Waals surface area contributed by atoms with Gasteiger partial charge in [0.05, 0.1) is 5.56 Å². The normalized spacial score (nSPS) is 25.9. The van der Waals surface area contributed by atoms with Gasteiger partial charge in [0.15, 0.2) is 0 Å². The summed E-state index contributed by atoms with van der Waals surface area (Å²) in [6, 6.07) is 5.37. The zero-order valence-electron chi connectivity index (χ0n) is 11.8. The van der Waals surface area contributed by atoms with E-state index < -0.39 is 17.8 Å². The zero-order valence-corrected chi connectivity index (χ0v) is 11.8. The minimum absolute atomic E-state index is 0.187. The molecule has 0 bridgehead atoms. The molecule has 1 fully saturated rings. The molecule has 0 aromatic heterocycles. The first kappa shape index (κ1) is 15.3. The third-order valence-electron chi connectivity index (χ3n) is 4.01. The van der Waals surface area contributed by atoms with Gasteiger partial charge in [0.2, 0.25) is 0 Å². The number of halogens is 3. The molecule has 1 aromatic rings. The molecule has 0 spiro atoms. The number of alkyl halides is 3. The average molecular weight is 286 g/mol. The fourth-order valence-corrected chi connectivity index (χ4v) is 3.07. The van der Waals surface area contributed by atoms with Crippen LogP contribution in [0, 0.1) is 5.92 Å². The molecule has 1 aromatic carbocycles. The van der Waals surface area contributed by atoms with E-state index in [2.05, 4.69) is 18.7 Å². The summed E-state index contributed by atoms with van der Waals surface area (Å²) in [6.07, 6.45) is -3.27. The highest BCUT2D eigenvalue weighted by molar-refractivity contribution is 5.32. The zero-order chi connectivity index (χ0) is 14.9. The van der Waals surface area contributed by atoms with Gasteiger partial charge >= 0.3 is 6.18 Å². The molecule has 5 heteroatoms. The quantitative estimate of drug-likeness (QED) is 0.922. The van der Waals surface area contributed by atoms with Crippen molar-refractivity contribution in [2.45, 2.75) is 38.5 Å². The minimum atomic E-state index is -4.35. The monoisotopic (exact) mass is 286 g/mol. The lowest BCUT2D eigenvalue weighted by atomic mass is 10.00. The van der Waals surface area contributed by atoms with Crippen molar-refractivity contribution >= 4 is 0 Å². The van der Waals surface area contributed by atoms with Crippen LogP contribution in [0.3, 0.4) is 0 Å². The van der Waals surface area contributed by atoms with Crippen molar-refractivity contribution in [3.05, 3.63) is 35.4 Å². The summed E-state index contributed by atoms with van der Waals surface area (Å²) in [5, 5.41) is 0. The second kappa shape index (κ2) is 5.74. The van der Waals surface area contributed by atoms with E-state index in [1.807, 2.05) is 0 Å². The van der Waals surface area contributed by atoms with Gasteiger partial charge in [-0.3, -0.25) is 4.90 Å². The second-order valence-corrected chi connectivity index (χ2v) is 5.84. The number of nitrogens with two attached hydrogens (primary N) is 1. The van der Waals surface area contributed by atoms with Crippen LogP contribution < -0.4 is 5.73 Å². The lowest BCUT2D eigenvalue weighted by Crippen LogP contribution is -2.35. The van der Waals surface area contributed by atoms with Gasteiger partial charge in [-0.25, -0.2) is 0 Å². The van der Waals surface area contributed by atoms with E-state index in [9.17, 15) is 13.2 Å². The first-order chi connectivity index (χ1) is 9.29. The van der Waals surface area contributed by atoms with Crippen LogP contribution in [-0.2, 0) is 6.18 Å². The molecule has 2 nitrogen and oxygen atoms in total. The number of hydrogen-bond acceptors (Lipinski definition) is 2. The number of rotatable bonds is 3. The second-order valence-electron chi connectivity index (χ2n) is 5.84. The van der Waals surface area contributed by atoms with Crippen LogP contribution in [0.25, 0.3) is 0 Å². The van der Waals surface area contributed by atoms with Crippen LogP contribution in [0.1, 0.15) is 37.4 Å². The lowest BCUT2D eigenvalue weighted by molar-refractivity contribution is -0.138. The molecule has 1 aliphatic heterocycles. The predicted octanol–water partition coefficient (Wildman–Crippen LogP) is 3.44. The van der Waals surface area contributed by atoms with Gasteiger partial charge in [-0.2, -0.15) is 13.2 Å². The Balaban J connectivity index is 2.16. The Morgan fingerprint density at radius 3 is 2.50 bits per heavy atom. The van der Waals surface area contributed by atoms with E-state index >= 15 is 0 Å². The Bertz CT molecular complexity index is 459. The van der Waals surface area contributed by atoms with E-state index in [0.717, 1.165) is 19.0 Å². The molecule has 112 valence electrons. The van der Waals surface area contributed by atoms with Gasteiger partial charge in [0, 0.05) is 25.2 Å². The maximum absolute atomic E-state index is 13.0. The maximum Gasteiger partial charge on any atom is 0.416 e. The molecule has 2 N–H and O–H groups in total. The molecule has 1 aliphatic rings. The summed E-state index contributed by atoms with van der Waals surface area (Å²) < 4.78 is 39.0. The Kier molecular flexibility index (Phi) is 4.39. The van der Waals surface area contributed by atoms with E-state index in [1.165, 1.54) is 12.1 Å². The average Bonchev–Trinajstić information content (AvgIpc) is 2.66. The van der Waals surface area contributed by atoms with Crippen LogP contribution in [-0.4, -0.2) is 24.0 Å². The van der Waals surface area contributed by atoms with Crippen LogP contribution in [0.2, 0.25) is 0 Å². The Morgan fingerprint density at radius 2 is 1.95 bits per heavy atom. The highest BCUT2D eigenvalue weighted by Crippen LogP contribution is 2.34. The maximum atomic E-state index is 13.0. The van der Waals surface area contributed by atoms with Crippen molar-refractivity contribution in [2.75, 3.05) is 13.1 Å². The largest absolute Gasteiger partial charge is 0.416 e. The Hall–Kier alpha value is -1.07. The molecule has 1 heterocycles. The summed E-state index contributed by atoms with van der Waals surface area (Å²) >= 11 is 0. The van der Waals surface area contributed by atoms with Crippen molar-refractivity contribution in [2.24, 2.45) is 11.7 Å². The van der Waals surface area contributed by atoms with E-state index in [1.54, 1.807) is 6.07 Å². The van der Waals surface area contributed by atoms with Gasteiger partial charge < -0.3 is 5.73 Å². The molecular weight excluding hydrogens is 265 g/mol. The van der Waals surface area contributed by atoms with Gasteiger partial charge in [0.25, 0.3) is 0 Å². The molecule has 0 saturated carbocycles. The molecule has 20 heavy (non-hydrogen) atoms. The number of likely N-dealkylation sites (tertiary alicyclic amines) is 1. The summed E-state index contributed by atoms with van der Waals surface area (Å²) in [4.78, 5) is 2.18. The predicted molar refractivity (Wildman–Crippen MR) is 73.2 cm³/mol. The Labute approximate surface area is 117 Å². The standard InChI is InChI=1S/C15H21F3N2/c1-10-7-11(2)20(8-10)9-14(19)12-5-3-4-6-13(12)15(16,17)18/h3-6,10-11,14H,7-9,19H2,1-2H3. The van der Waals surface area contributed by atoms with Crippen molar-refractivity contribution in [3.63, 3.8) is 0 Å².